The summed E-state index contributed by atoms with van der Waals surface area (Å²) in [6, 6.07) is 8.14. The van der Waals surface area contributed by atoms with Gasteiger partial charge in [0.25, 0.3) is 0 Å². The summed E-state index contributed by atoms with van der Waals surface area (Å²) in [5, 5.41) is 1.62. The third-order valence-corrected chi connectivity index (χ3v) is 5.45. The lowest BCUT2D eigenvalue weighted by molar-refractivity contribution is 0.378. The monoisotopic (exact) mass is 269 g/mol. The quantitative estimate of drug-likeness (QED) is 0.891. The molecule has 2 unspecified atom stereocenters. The molecule has 1 fully saturated rings. The number of hydrogen-bond acceptors (Lipinski definition) is 2. The van der Waals surface area contributed by atoms with Crippen LogP contribution in [-0.4, -0.2) is 11.8 Å². The Hall–Kier alpha value is -0.180. The number of rotatable bonds is 4. The molecule has 2 rings (SSSR count). The second kappa shape index (κ2) is 6.67. The van der Waals surface area contributed by atoms with Crippen molar-refractivity contribution < 1.29 is 0 Å². The van der Waals surface area contributed by atoms with Crippen LogP contribution < -0.4 is 5.73 Å². The molecule has 1 nitrogen and oxygen atoms in total. The Balaban J connectivity index is 1.90. The largest absolute Gasteiger partial charge is 0.330 e. The highest BCUT2D eigenvalue weighted by Crippen LogP contribution is 2.35. The molecular formula is C14H20ClNS. The molecule has 2 atom stereocenters. The lowest BCUT2D eigenvalue weighted by Gasteiger charge is -2.30. The molecule has 1 aromatic rings. The fourth-order valence-corrected chi connectivity index (χ4v) is 4.25. The van der Waals surface area contributed by atoms with Gasteiger partial charge in [-0.05, 0) is 36.9 Å². The van der Waals surface area contributed by atoms with E-state index in [0.717, 1.165) is 22.6 Å². The molecule has 0 heterocycles. The van der Waals surface area contributed by atoms with E-state index in [2.05, 4.69) is 12.1 Å². The molecule has 0 bridgehead atoms. The highest BCUT2D eigenvalue weighted by Gasteiger charge is 2.24. The molecule has 1 saturated carbocycles. The van der Waals surface area contributed by atoms with Gasteiger partial charge in [0.05, 0.1) is 0 Å². The Morgan fingerprint density at radius 2 is 2.00 bits per heavy atom. The first-order chi connectivity index (χ1) is 8.31. The predicted octanol–water partition coefficient (Wildman–Crippen LogP) is 4.09. The lowest BCUT2D eigenvalue weighted by Crippen LogP contribution is -2.28. The molecule has 0 saturated heterocycles. The van der Waals surface area contributed by atoms with E-state index in [4.69, 9.17) is 17.3 Å². The molecule has 0 radical (unpaired) electrons. The molecule has 3 heteroatoms. The molecule has 1 aliphatic carbocycles. The van der Waals surface area contributed by atoms with Crippen LogP contribution in [-0.2, 0) is 5.75 Å². The zero-order chi connectivity index (χ0) is 12.1. The van der Waals surface area contributed by atoms with Gasteiger partial charge in [0.1, 0.15) is 0 Å². The average molecular weight is 270 g/mol. The molecule has 0 spiro atoms. The van der Waals surface area contributed by atoms with E-state index in [9.17, 15) is 0 Å². The number of nitrogens with two attached hydrogens (primary N) is 1. The van der Waals surface area contributed by atoms with Crippen molar-refractivity contribution >= 4 is 23.4 Å². The van der Waals surface area contributed by atoms with Gasteiger partial charge in [-0.3, -0.25) is 0 Å². The van der Waals surface area contributed by atoms with E-state index in [1.165, 1.54) is 31.2 Å². The van der Waals surface area contributed by atoms with Crippen molar-refractivity contribution in [3.05, 3.63) is 34.9 Å². The Morgan fingerprint density at radius 3 is 2.76 bits per heavy atom. The highest BCUT2D eigenvalue weighted by molar-refractivity contribution is 7.99. The van der Waals surface area contributed by atoms with Crippen LogP contribution in [0.5, 0.6) is 0 Å². The summed E-state index contributed by atoms with van der Waals surface area (Å²) in [4.78, 5) is 0. The van der Waals surface area contributed by atoms with Crippen LogP contribution in [0.25, 0.3) is 0 Å². The maximum absolute atomic E-state index is 6.17. The summed E-state index contributed by atoms with van der Waals surface area (Å²) in [7, 11) is 0. The lowest BCUT2D eigenvalue weighted by atomic mass is 9.89. The molecule has 0 aliphatic heterocycles. The number of hydrogen-bond donors (Lipinski definition) is 1. The van der Waals surface area contributed by atoms with Crippen molar-refractivity contribution in [2.24, 2.45) is 11.7 Å². The second-order valence-corrected chi connectivity index (χ2v) is 6.36. The Kier molecular flexibility index (Phi) is 5.20. The third-order valence-electron chi connectivity index (χ3n) is 3.55. The van der Waals surface area contributed by atoms with Crippen LogP contribution in [0, 0.1) is 5.92 Å². The van der Waals surface area contributed by atoms with Gasteiger partial charge in [-0.1, -0.05) is 42.6 Å². The average Bonchev–Trinajstić information content (AvgIpc) is 2.38. The van der Waals surface area contributed by atoms with E-state index in [1.807, 2.05) is 23.9 Å². The van der Waals surface area contributed by atoms with Crippen LogP contribution in [0.1, 0.15) is 31.2 Å². The molecule has 94 valence electrons. The maximum atomic E-state index is 6.17. The summed E-state index contributed by atoms with van der Waals surface area (Å²) in [5.74, 6) is 1.72. The molecule has 17 heavy (non-hydrogen) atoms. The highest BCUT2D eigenvalue weighted by atomic mass is 35.5. The fourth-order valence-electron chi connectivity index (χ4n) is 2.47. The van der Waals surface area contributed by atoms with E-state index >= 15 is 0 Å². The molecule has 0 aromatic heterocycles. The van der Waals surface area contributed by atoms with Crippen molar-refractivity contribution in [2.45, 2.75) is 36.7 Å². The summed E-state index contributed by atoms with van der Waals surface area (Å²) in [6.45, 7) is 0.834. The van der Waals surface area contributed by atoms with Crippen molar-refractivity contribution in [2.75, 3.05) is 6.54 Å². The molecule has 1 aromatic carbocycles. The van der Waals surface area contributed by atoms with E-state index in [1.54, 1.807) is 0 Å². The smallest absolute Gasteiger partial charge is 0.0446 e. The number of halogens is 1. The first kappa shape index (κ1) is 13.3. The van der Waals surface area contributed by atoms with Crippen molar-refractivity contribution in [1.29, 1.82) is 0 Å². The van der Waals surface area contributed by atoms with Crippen molar-refractivity contribution in [3.63, 3.8) is 0 Å². The van der Waals surface area contributed by atoms with Crippen LogP contribution in [0.15, 0.2) is 24.3 Å². The van der Waals surface area contributed by atoms with Crippen LogP contribution in [0.2, 0.25) is 5.02 Å². The minimum Gasteiger partial charge on any atom is -0.330 e. The van der Waals surface area contributed by atoms with Gasteiger partial charge in [-0.15, -0.1) is 0 Å². The van der Waals surface area contributed by atoms with Gasteiger partial charge in [0.15, 0.2) is 0 Å². The Bertz CT molecular complexity index is 356. The van der Waals surface area contributed by atoms with Crippen LogP contribution in [0.3, 0.4) is 0 Å². The van der Waals surface area contributed by atoms with Gasteiger partial charge in [-0.2, -0.15) is 11.8 Å². The van der Waals surface area contributed by atoms with Gasteiger partial charge < -0.3 is 5.73 Å². The molecular weight excluding hydrogens is 250 g/mol. The maximum Gasteiger partial charge on any atom is 0.0446 e. The standard InChI is InChI=1S/C14H20ClNS/c15-13-7-3-1-6-12(13)10-17-14-8-4-2-5-11(14)9-16/h1,3,6-7,11,14H,2,4-5,8-10,16H2. The Morgan fingerprint density at radius 1 is 1.24 bits per heavy atom. The van der Waals surface area contributed by atoms with Gasteiger partial charge in [0, 0.05) is 16.0 Å². The fraction of sp³-hybridized carbons (Fsp3) is 0.571. The topological polar surface area (TPSA) is 26.0 Å². The molecule has 2 N–H and O–H groups in total. The SMILES string of the molecule is NCC1CCCCC1SCc1ccccc1Cl. The van der Waals surface area contributed by atoms with Crippen LogP contribution in [0.4, 0.5) is 0 Å². The normalized spacial score (nSPS) is 24.8. The van der Waals surface area contributed by atoms with Gasteiger partial charge >= 0.3 is 0 Å². The van der Waals surface area contributed by atoms with E-state index in [0.29, 0.717) is 5.92 Å². The van der Waals surface area contributed by atoms with Gasteiger partial charge in [-0.25, -0.2) is 0 Å². The minimum atomic E-state index is 0.705. The number of benzene rings is 1. The van der Waals surface area contributed by atoms with Gasteiger partial charge in [0.2, 0.25) is 0 Å². The minimum absolute atomic E-state index is 0.705. The van der Waals surface area contributed by atoms with Crippen LogP contribution >= 0.6 is 23.4 Å². The third kappa shape index (κ3) is 3.64. The van der Waals surface area contributed by atoms with Crippen molar-refractivity contribution in [3.8, 4) is 0 Å². The summed E-state index contributed by atoms with van der Waals surface area (Å²) in [5.41, 5.74) is 7.10. The van der Waals surface area contributed by atoms with E-state index < -0.39 is 0 Å². The molecule has 0 amide bonds. The van der Waals surface area contributed by atoms with Crippen molar-refractivity contribution in [1.82, 2.24) is 0 Å². The predicted molar refractivity (Wildman–Crippen MR) is 77.5 cm³/mol. The summed E-state index contributed by atoms with van der Waals surface area (Å²) in [6.07, 6.45) is 5.33. The zero-order valence-electron chi connectivity index (χ0n) is 10.1. The zero-order valence-corrected chi connectivity index (χ0v) is 11.6. The summed E-state index contributed by atoms with van der Waals surface area (Å²) < 4.78 is 0. The van der Waals surface area contributed by atoms with E-state index in [-0.39, 0.29) is 0 Å². The second-order valence-electron chi connectivity index (χ2n) is 4.72. The number of thioether (sulfide) groups is 1. The summed E-state index contributed by atoms with van der Waals surface area (Å²) >= 11 is 8.21. The first-order valence-corrected chi connectivity index (χ1v) is 7.79. The Labute approximate surface area is 113 Å². The first-order valence-electron chi connectivity index (χ1n) is 6.36. The molecule has 1 aliphatic rings.